The molecule has 0 radical (unpaired) electrons. The lowest BCUT2D eigenvalue weighted by Crippen LogP contribution is -2.00. The zero-order chi connectivity index (χ0) is 32.3. The van der Waals surface area contributed by atoms with E-state index in [2.05, 4.69) is 114 Å². The van der Waals surface area contributed by atoms with Crippen LogP contribution in [0.1, 0.15) is 0 Å². The third kappa shape index (κ3) is 4.71. The van der Waals surface area contributed by atoms with Gasteiger partial charge in [-0.1, -0.05) is 103 Å². The average molecular weight is 627 g/mol. The Morgan fingerprint density at radius 2 is 1.02 bits per heavy atom. The summed E-state index contributed by atoms with van der Waals surface area (Å²) < 4.78 is 6.66. The maximum Gasteiger partial charge on any atom is 0.164 e. The molecule has 0 saturated heterocycles. The van der Waals surface area contributed by atoms with Crippen LogP contribution >= 0.6 is 0 Å². The molecule has 0 fully saturated rings. The summed E-state index contributed by atoms with van der Waals surface area (Å²) >= 11 is 0. The molecule has 0 spiro atoms. The van der Waals surface area contributed by atoms with Crippen LogP contribution in [0.4, 0.5) is 0 Å². The quantitative estimate of drug-likeness (QED) is 0.194. The van der Waals surface area contributed by atoms with Gasteiger partial charge in [0.2, 0.25) is 0 Å². The number of hydrogen-bond acceptors (Lipinski definition) is 5. The van der Waals surface area contributed by atoms with E-state index in [0.29, 0.717) is 17.5 Å². The van der Waals surface area contributed by atoms with Crippen LogP contribution in [0.5, 0.6) is 0 Å². The summed E-state index contributed by atoms with van der Waals surface area (Å²) in [7, 11) is 0. The van der Waals surface area contributed by atoms with Gasteiger partial charge in [0.05, 0.1) is 0 Å². The van der Waals surface area contributed by atoms with Gasteiger partial charge in [-0.05, 0) is 80.5 Å². The van der Waals surface area contributed by atoms with Crippen molar-refractivity contribution in [1.29, 1.82) is 0 Å². The third-order valence-electron chi connectivity index (χ3n) is 9.33. The molecule has 0 unspecified atom stereocenters. The van der Waals surface area contributed by atoms with Crippen molar-refractivity contribution in [2.45, 2.75) is 0 Å². The first kappa shape index (κ1) is 27.4. The molecular weight excluding hydrogens is 601 g/mol. The molecule has 10 aromatic rings. The van der Waals surface area contributed by atoms with Crippen molar-refractivity contribution in [3.8, 4) is 45.3 Å². The summed E-state index contributed by atoms with van der Waals surface area (Å²) in [4.78, 5) is 19.8. The standard InChI is InChI=1S/C44H26N4O/c1-2-10-29(11-3-1)42-46-43(34-17-15-28-9-5-7-13-31(28)21-34)48-44(47-42)38-22-35(32-16-14-27-8-4-6-12-30(27)20-32)25-40-41(38)37-23-36-26-45-19-18-33(36)24-39(37)49-40/h1-26H. The van der Waals surface area contributed by atoms with Crippen molar-refractivity contribution in [3.63, 3.8) is 0 Å². The summed E-state index contributed by atoms with van der Waals surface area (Å²) in [5.74, 6) is 1.81. The van der Waals surface area contributed by atoms with E-state index in [1.54, 1.807) is 0 Å². The van der Waals surface area contributed by atoms with Gasteiger partial charge in [0.1, 0.15) is 11.2 Å². The van der Waals surface area contributed by atoms with E-state index < -0.39 is 0 Å². The molecule has 3 heterocycles. The van der Waals surface area contributed by atoms with Crippen molar-refractivity contribution >= 4 is 54.3 Å². The summed E-state index contributed by atoms with van der Waals surface area (Å²) in [6.45, 7) is 0. The fourth-order valence-corrected chi connectivity index (χ4v) is 6.87. The number of pyridine rings is 1. The Kier molecular flexibility index (Phi) is 6.11. The predicted molar refractivity (Wildman–Crippen MR) is 199 cm³/mol. The summed E-state index contributed by atoms with van der Waals surface area (Å²) in [5.41, 5.74) is 6.41. The van der Waals surface area contributed by atoms with Crippen LogP contribution in [0.2, 0.25) is 0 Å². The number of aromatic nitrogens is 4. The van der Waals surface area contributed by atoms with Crippen LogP contribution < -0.4 is 0 Å². The fraction of sp³-hybridized carbons (Fsp3) is 0. The van der Waals surface area contributed by atoms with Crippen molar-refractivity contribution in [2.75, 3.05) is 0 Å². The van der Waals surface area contributed by atoms with Crippen LogP contribution in [0, 0.1) is 0 Å². The van der Waals surface area contributed by atoms with Gasteiger partial charge in [-0.2, -0.15) is 0 Å². The zero-order valence-corrected chi connectivity index (χ0v) is 26.2. The van der Waals surface area contributed by atoms with Gasteiger partial charge in [0, 0.05) is 45.2 Å². The van der Waals surface area contributed by atoms with E-state index in [1.165, 1.54) is 16.2 Å². The molecule has 0 saturated carbocycles. The van der Waals surface area contributed by atoms with E-state index in [1.807, 2.05) is 48.8 Å². The molecule has 0 atom stereocenters. The number of furan rings is 1. The zero-order valence-electron chi connectivity index (χ0n) is 26.2. The molecule has 10 rings (SSSR count). The van der Waals surface area contributed by atoms with Gasteiger partial charge in [0.25, 0.3) is 0 Å². The second kappa shape index (κ2) is 10.9. The lowest BCUT2D eigenvalue weighted by molar-refractivity contribution is 0.669. The molecule has 228 valence electrons. The van der Waals surface area contributed by atoms with Crippen LogP contribution in [0.3, 0.4) is 0 Å². The first-order valence-corrected chi connectivity index (χ1v) is 16.3. The Hall–Kier alpha value is -6.72. The van der Waals surface area contributed by atoms with E-state index >= 15 is 0 Å². The fourth-order valence-electron chi connectivity index (χ4n) is 6.87. The Labute approximate surface area is 281 Å². The van der Waals surface area contributed by atoms with Crippen LogP contribution in [-0.4, -0.2) is 19.9 Å². The number of fused-ring (bicyclic) bond motifs is 6. The molecule has 0 aliphatic carbocycles. The third-order valence-corrected chi connectivity index (χ3v) is 9.33. The summed E-state index contributed by atoms with van der Waals surface area (Å²) in [6, 6.07) is 50.4. The van der Waals surface area contributed by atoms with Gasteiger partial charge in [-0.15, -0.1) is 0 Å². The van der Waals surface area contributed by atoms with Gasteiger partial charge in [-0.3, -0.25) is 4.98 Å². The van der Waals surface area contributed by atoms with Crippen LogP contribution in [-0.2, 0) is 0 Å². The smallest absolute Gasteiger partial charge is 0.164 e. The van der Waals surface area contributed by atoms with Gasteiger partial charge in [0.15, 0.2) is 17.5 Å². The highest BCUT2D eigenvalue weighted by Crippen LogP contribution is 2.41. The maximum atomic E-state index is 6.66. The van der Waals surface area contributed by atoms with Crippen molar-refractivity contribution in [3.05, 3.63) is 158 Å². The molecule has 0 aliphatic heterocycles. The van der Waals surface area contributed by atoms with E-state index in [-0.39, 0.29) is 0 Å². The molecule has 0 amide bonds. The highest BCUT2D eigenvalue weighted by atomic mass is 16.3. The Morgan fingerprint density at radius 1 is 0.388 bits per heavy atom. The first-order valence-electron chi connectivity index (χ1n) is 16.3. The topological polar surface area (TPSA) is 64.7 Å². The molecule has 49 heavy (non-hydrogen) atoms. The largest absolute Gasteiger partial charge is 0.456 e. The minimum atomic E-state index is 0.582. The minimum Gasteiger partial charge on any atom is -0.456 e. The van der Waals surface area contributed by atoms with Crippen molar-refractivity contribution in [2.24, 2.45) is 0 Å². The van der Waals surface area contributed by atoms with E-state index in [4.69, 9.17) is 19.4 Å². The summed E-state index contributed by atoms with van der Waals surface area (Å²) in [6.07, 6.45) is 3.70. The number of hydrogen-bond donors (Lipinski definition) is 0. The molecule has 0 aliphatic rings. The Balaban J connectivity index is 1.28. The lowest BCUT2D eigenvalue weighted by Gasteiger charge is -2.12. The molecule has 0 bridgehead atoms. The SMILES string of the molecule is c1ccc(-c2nc(-c3ccc4ccccc4c3)nc(-c3cc(-c4ccc5ccccc5c4)cc4oc5cc6ccncc6cc5c34)n2)cc1. The first-order chi connectivity index (χ1) is 24.2. The summed E-state index contributed by atoms with van der Waals surface area (Å²) in [5, 5.41) is 8.73. The molecular formula is C44H26N4O. The van der Waals surface area contributed by atoms with Crippen LogP contribution in [0.25, 0.3) is 99.5 Å². The van der Waals surface area contributed by atoms with Crippen molar-refractivity contribution < 1.29 is 4.42 Å². The van der Waals surface area contributed by atoms with Crippen LogP contribution in [0.15, 0.2) is 162 Å². The number of benzene rings is 7. The van der Waals surface area contributed by atoms with Gasteiger partial charge < -0.3 is 4.42 Å². The number of nitrogens with zero attached hydrogens (tertiary/aromatic N) is 4. The molecule has 0 N–H and O–H groups in total. The second-order valence-corrected chi connectivity index (χ2v) is 12.4. The highest BCUT2D eigenvalue weighted by Gasteiger charge is 2.20. The molecule has 7 aromatic carbocycles. The monoisotopic (exact) mass is 626 g/mol. The maximum absolute atomic E-state index is 6.66. The predicted octanol–water partition coefficient (Wildman–Crippen LogP) is 11.3. The Bertz CT molecular complexity index is 2890. The normalized spacial score (nSPS) is 11.7. The molecule has 5 nitrogen and oxygen atoms in total. The van der Waals surface area contributed by atoms with Gasteiger partial charge >= 0.3 is 0 Å². The second-order valence-electron chi connectivity index (χ2n) is 12.4. The highest BCUT2D eigenvalue weighted by molar-refractivity contribution is 6.16. The minimum absolute atomic E-state index is 0.582. The van der Waals surface area contributed by atoms with Crippen molar-refractivity contribution in [1.82, 2.24) is 19.9 Å². The number of rotatable bonds is 4. The van der Waals surface area contributed by atoms with E-state index in [0.717, 1.165) is 65.9 Å². The van der Waals surface area contributed by atoms with E-state index in [9.17, 15) is 0 Å². The lowest BCUT2D eigenvalue weighted by atomic mass is 9.96. The molecule has 5 heteroatoms. The average Bonchev–Trinajstić information content (AvgIpc) is 3.53. The van der Waals surface area contributed by atoms with Gasteiger partial charge in [-0.25, -0.2) is 15.0 Å². The Morgan fingerprint density at radius 3 is 1.80 bits per heavy atom. The molecule has 3 aromatic heterocycles.